The fourth-order valence-electron chi connectivity index (χ4n) is 2.22. The molecule has 6 nitrogen and oxygen atoms in total. The summed E-state index contributed by atoms with van der Waals surface area (Å²) >= 11 is 1.38. The van der Waals surface area contributed by atoms with Crippen LogP contribution in [0.15, 0.2) is 32.7 Å². The zero-order valence-electron chi connectivity index (χ0n) is 11.8. The minimum absolute atomic E-state index is 0.00534. The third-order valence-electron chi connectivity index (χ3n) is 3.17. The van der Waals surface area contributed by atoms with Crippen molar-refractivity contribution in [2.45, 2.75) is 36.4 Å². The molecule has 0 aliphatic carbocycles. The van der Waals surface area contributed by atoms with Crippen LogP contribution in [-0.2, 0) is 4.79 Å². The zero-order chi connectivity index (χ0) is 14.8. The molecule has 1 aromatic heterocycles. The van der Waals surface area contributed by atoms with Gasteiger partial charge in [0.25, 0.3) is 5.22 Å². The Hall–Kier alpha value is -1.86. The summed E-state index contributed by atoms with van der Waals surface area (Å²) in [6, 6.07) is 5.60. The van der Waals surface area contributed by atoms with Crippen molar-refractivity contribution >= 4 is 23.4 Å². The van der Waals surface area contributed by atoms with Gasteiger partial charge < -0.3 is 15.1 Å². The van der Waals surface area contributed by atoms with Gasteiger partial charge in [0.2, 0.25) is 11.8 Å². The van der Waals surface area contributed by atoms with E-state index >= 15 is 0 Å². The average molecular weight is 304 g/mol. The second kappa shape index (κ2) is 5.87. The smallest absolute Gasteiger partial charge is 0.281 e. The predicted octanol–water partition coefficient (Wildman–Crippen LogP) is 2.52. The maximum absolute atomic E-state index is 12.0. The van der Waals surface area contributed by atoms with Crippen LogP contribution in [0.2, 0.25) is 0 Å². The highest BCUT2D eigenvalue weighted by molar-refractivity contribution is 7.99. The van der Waals surface area contributed by atoms with Crippen LogP contribution < -0.4 is 10.6 Å². The van der Waals surface area contributed by atoms with E-state index in [1.807, 2.05) is 18.2 Å². The molecule has 1 aliphatic heterocycles. The highest BCUT2D eigenvalue weighted by atomic mass is 32.2. The fraction of sp³-hybridized carbons (Fsp3) is 0.357. The number of hydrogen-bond acceptors (Lipinski definition) is 6. The molecule has 0 fully saturated rings. The molecule has 1 aromatic carbocycles. The van der Waals surface area contributed by atoms with Gasteiger partial charge in [-0.25, -0.2) is 0 Å². The first-order valence-corrected chi connectivity index (χ1v) is 7.65. The third-order valence-corrected chi connectivity index (χ3v) is 4.00. The normalized spacial score (nSPS) is 16.9. The molecular weight excluding hydrogens is 288 g/mol. The second-order valence-electron chi connectivity index (χ2n) is 4.81. The Bertz CT molecular complexity index is 671. The van der Waals surface area contributed by atoms with E-state index in [9.17, 15) is 4.79 Å². The van der Waals surface area contributed by atoms with Crippen LogP contribution in [0, 0.1) is 6.92 Å². The summed E-state index contributed by atoms with van der Waals surface area (Å²) in [6.07, 6.45) is 0.990. The molecule has 110 valence electrons. The van der Waals surface area contributed by atoms with Crippen molar-refractivity contribution in [1.82, 2.24) is 15.5 Å². The van der Waals surface area contributed by atoms with E-state index in [0.29, 0.717) is 11.1 Å². The Labute approximate surface area is 126 Å². The molecule has 0 saturated carbocycles. The Kier molecular flexibility index (Phi) is 3.94. The summed E-state index contributed by atoms with van der Waals surface area (Å²) in [6.45, 7) is 4.64. The first kappa shape index (κ1) is 14.1. The number of amides is 1. The number of anilines is 1. The quantitative estimate of drug-likeness (QED) is 0.883. The zero-order valence-corrected chi connectivity index (χ0v) is 12.7. The number of hydrogen-bond donors (Lipinski definition) is 2. The SMILES string of the molecule is CCCNC1C(=O)Nc2cc(Sc3nnc(C)o3)ccc21. The summed E-state index contributed by atoms with van der Waals surface area (Å²) in [5.74, 6) is 0.532. The van der Waals surface area contributed by atoms with Crippen molar-refractivity contribution in [1.29, 1.82) is 0 Å². The van der Waals surface area contributed by atoms with Crippen molar-refractivity contribution in [3.8, 4) is 0 Å². The summed E-state index contributed by atoms with van der Waals surface area (Å²) in [5, 5.41) is 14.4. The number of aromatic nitrogens is 2. The van der Waals surface area contributed by atoms with Gasteiger partial charge >= 0.3 is 0 Å². The summed E-state index contributed by atoms with van der Waals surface area (Å²) < 4.78 is 5.34. The number of benzene rings is 1. The van der Waals surface area contributed by atoms with Gasteiger partial charge in [0.05, 0.1) is 0 Å². The van der Waals surface area contributed by atoms with Crippen molar-refractivity contribution in [2.24, 2.45) is 0 Å². The standard InChI is InChI=1S/C14H16N4O2S/c1-3-6-15-12-10-5-4-9(7-11(10)16-13(12)19)21-14-18-17-8(2)20-14/h4-5,7,12,15H,3,6H2,1-2H3,(H,16,19). The lowest BCUT2D eigenvalue weighted by atomic mass is 10.1. The first-order valence-electron chi connectivity index (χ1n) is 6.83. The van der Waals surface area contributed by atoms with Gasteiger partial charge in [0.15, 0.2) is 0 Å². The minimum atomic E-state index is -0.260. The topological polar surface area (TPSA) is 80.0 Å². The molecule has 0 spiro atoms. The van der Waals surface area contributed by atoms with E-state index in [4.69, 9.17) is 4.42 Å². The van der Waals surface area contributed by atoms with Gasteiger partial charge in [0, 0.05) is 23.1 Å². The van der Waals surface area contributed by atoms with E-state index in [0.717, 1.165) is 29.1 Å². The van der Waals surface area contributed by atoms with Crippen LogP contribution >= 0.6 is 11.8 Å². The molecular formula is C14H16N4O2S. The average Bonchev–Trinajstić information content (AvgIpc) is 2.99. The number of rotatable bonds is 5. The molecule has 1 atom stereocenters. The van der Waals surface area contributed by atoms with Gasteiger partial charge in [-0.15, -0.1) is 10.2 Å². The highest BCUT2D eigenvalue weighted by Gasteiger charge is 2.30. The number of nitrogens with zero attached hydrogens (tertiary/aromatic N) is 2. The lowest BCUT2D eigenvalue weighted by Gasteiger charge is -2.10. The molecule has 0 radical (unpaired) electrons. The van der Waals surface area contributed by atoms with E-state index in [1.54, 1.807) is 6.92 Å². The van der Waals surface area contributed by atoms with Crippen molar-refractivity contribution in [2.75, 3.05) is 11.9 Å². The molecule has 21 heavy (non-hydrogen) atoms. The molecule has 0 saturated heterocycles. The van der Waals surface area contributed by atoms with Gasteiger partial charge in [-0.1, -0.05) is 13.0 Å². The predicted molar refractivity (Wildman–Crippen MR) is 79.3 cm³/mol. The minimum Gasteiger partial charge on any atom is -0.416 e. The van der Waals surface area contributed by atoms with Crippen LogP contribution in [0.3, 0.4) is 0 Å². The molecule has 1 unspecified atom stereocenters. The maximum atomic E-state index is 12.0. The summed E-state index contributed by atoms with van der Waals surface area (Å²) in [7, 11) is 0. The summed E-state index contributed by atoms with van der Waals surface area (Å²) in [5.41, 5.74) is 1.83. The van der Waals surface area contributed by atoms with Crippen LogP contribution in [0.5, 0.6) is 0 Å². The number of nitrogens with one attached hydrogen (secondary N) is 2. The first-order chi connectivity index (χ1) is 10.2. The molecule has 2 N–H and O–H groups in total. The second-order valence-corrected chi connectivity index (χ2v) is 5.84. The molecule has 7 heteroatoms. The Morgan fingerprint density at radius 1 is 1.43 bits per heavy atom. The van der Waals surface area contributed by atoms with Crippen molar-refractivity contribution in [3.05, 3.63) is 29.7 Å². The highest BCUT2D eigenvalue weighted by Crippen LogP contribution is 2.36. The van der Waals surface area contributed by atoms with E-state index in [1.165, 1.54) is 11.8 Å². The third kappa shape index (κ3) is 2.93. The lowest BCUT2D eigenvalue weighted by Crippen LogP contribution is -2.27. The molecule has 2 aromatic rings. The van der Waals surface area contributed by atoms with Crippen LogP contribution in [0.1, 0.15) is 30.8 Å². The Morgan fingerprint density at radius 3 is 3.00 bits per heavy atom. The largest absolute Gasteiger partial charge is 0.416 e. The van der Waals surface area contributed by atoms with Gasteiger partial charge in [-0.2, -0.15) is 0 Å². The number of aryl methyl sites for hydroxylation is 1. The van der Waals surface area contributed by atoms with Crippen molar-refractivity contribution in [3.63, 3.8) is 0 Å². The van der Waals surface area contributed by atoms with Gasteiger partial charge in [0.1, 0.15) is 6.04 Å². The number of carbonyl (C=O) groups excluding carboxylic acids is 1. The van der Waals surface area contributed by atoms with Crippen LogP contribution in [0.25, 0.3) is 0 Å². The molecule has 1 amide bonds. The van der Waals surface area contributed by atoms with Crippen LogP contribution in [0.4, 0.5) is 5.69 Å². The Morgan fingerprint density at radius 2 is 2.29 bits per heavy atom. The van der Waals surface area contributed by atoms with Crippen molar-refractivity contribution < 1.29 is 9.21 Å². The van der Waals surface area contributed by atoms with E-state index in [-0.39, 0.29) is 11.9 Å². The van der Waals surface area contributed by atoms with Crippen LogP contribution in [-0.4, -0.2) is 22.6 Å². The van der Waals surface area contributed by atoms with Gasteiger partial charge in [-0.05, 0) is 36.9 Å². The molecule has 2 heterocycles. The monoisotopic (exact) mass is 304 g/mol. The van der Waals surface area contributed by atoms with E-state index < -0.39 is 0 Å². The summed E-state index contributed by atoms with van der Waals surface area (Å²) in [4.78, 5) is 12.9. The van der Waals surface area contributed by atoms with E-state index in [2.05, 4.69) is 27.8 Å². The van der Waals surface area contributed by atoms with Gasteiger partial charge in [-0.3, -0.25) is 4.79 Å². The molecule has 1 aliphatic rings. The molecule has 0 bridgehead atoms. The maximum Gasteiger partial charge on any atom is 0.281 e. The number of fused-ring (bicyclic) bond motifs is 1. The Balaban J connectivity index is 1.79. The molecule has 3 rings (SSSR count). The lowest BCUT2D eigenvalue weighted by molar-refractivity contribution is -0.117. The fourth-order valence-corrected chi connectivity index (χ4v) is 2.98. The number of carbonyl (C=O) groups is 1.